The zero-order valence-corrected chi connectivity index (χ0v) is 15.3. The lowest BCUT2D eigenvalue weighted by Crippen LogP contribution is -2.45. The average Bonchev–Trinajstić information content (AvgIpc) is 2.14. The SMILES string of the molecule is C[C@H](/C=C/I)[C@H](CC(=O)O)O[Si](C)(C)C(C)(C)C. The van der Waals surface area contributed by atoms with Gasteiger partial charge in [-0.15, -0.1) is 0 Å². The van der Waals surface area contributed by atoms with Crippen LogP contribution in [0, 0.1) is 5.92 Å². The fourth-order valence-electron chi connectivity index (χ4n) is 1.30. The second kappa shape index (κ2) is 7.05. The van der Waals surface area contributed by atoms with Gasteiger partial charge in [0.2, 0.25) is 0 Å². The Bertz CT molecular complexity index is 308. The van der Waals surface area contributed by atoms with Gasteiger partial charge in [0, 0.05) is 5.92 Å². The lowest BCUT2D eigenvalue weighted by Gasteiger charge is -2.40. The highest BCUT2D eigenvalue weighted by atomic mass is 127. The van der Waals surface area contributed by atoms with Crippen molar-refractivity contribution in [3.8, 4) is 0 Å². The van der Waals surface area contributed by atoms with E-state index >= 15 is 0 Å². The molecule has 1 N–H and O–H groups in total. The molecule has 0 saturated heterocycles. The Balaban J connectivity index is 4.95. The lowest BCUT2D eigenvalue weighted by atomic mass is 10.0. The van der Waals surface area contributed by atoms with Crippen LogP contribution in [0.5, 0.6) is 0 Å². The van der Waals surface area contributed by atoms with Gasteiger partial charge >= 0.3 is 5.97 Å². The van der Waals surface area contributed by atoms with Crippen LogP contribution in [0.3, 0.4) is 0 Å². The van der Waals surface area contributed by atoms with Gasteiger partial charge in [-0.3, -0.25) is 4.79 Å². The van der Waals surface area contributed by atoms with Gasteiger partial charge in [-0.1, -0.05) is 56.4 Å². The first-order valence-corrected chi connectivity index (χ1v) is 10.3. The molecule has 0 radical (unpaired) electrons. The van der Waals surface area contributed by atoms with Crippen LogP contribution in [0.4, 0.5) is 0 Å². The molecule has 2 atom stereocenters. The predicted octanol–water partition coefficient (Wildman–Crippen LogP) is 4.44. The van der Waals surface area contributed by atoms with Crippen LogP contribution in [-0.4, -0.2) is 25.5 Å². The summed E-state index contributed by atoms with van der Waals surface area (Å²) < 4.78 is 8.15. The Morgan fingerprint density at radius 3 is 2.28 bits per heavy atom. The van der Waals surface area contributed by atoms with Gasteiger partial charge in [0.1, 0.15) is 0 Å². The molecule has 3 nitrogen and oxygen atoms in total. The summed E-state index contributed by atoms with van der Waals surface area (Å²) in [5.41, 5.74) is 0. The number of halogens is 1. The Morgan fingerprint density at radius 2 is 1.94 bits per heavy atom. The molecule has 0 aliphatic carbocycles. The second-order valence-electron chi connectivity index (χ2n) is 6.19. The first-order chi connectivity index (χ1) is 8.01. The lowest BCUT2D eigenvalue weighted by molar-refractivity contribution is -0.139. The molecule has 0 amide bonds. The molecule has 0 bridgehead atoms. The molecule has 0 aromatic heterocycles. The third kappa shape index (κ3) is 5.84. The zero-order chi connectivity index (χ0) is 14.6. The van der Waals surface area contributed by atoms with Gasteiger partial charge in [-0.25, -0.2) is 0 Å². The Labute approximate surface area is 125 Å². The summed E-state index contributed by atoms with van der Waals surface area (Å²) in [5.74, 6) is -0.681. The van der Waals surface area contributed by atoms with Gasteiger partial charge in [0.05, 0.1) is 12.5 Å². The van der Waals surface area contributed by atoms with E-state index in [4.69, 9.17) is 9.53 Å². The molecule has 0 aromatic rings. The van der Waals surface area contributed by atoms with E-state index in [1.807, 2.05) is 17.1 Å². The first kappa shape index (κ1) is 18.1. The summed E-state index contributed by atoms with van der Waals surface area (Å²) in [6, 6.07) is 0. The maximum Gasteiger partial charge on any atom is 0.305 e. The first-order valence-electron chi connectivity index (χ1n) is 6.17. The minimum Gasteiger partial charge on any atom is -0.481 e. The van der Waals surface area contributed by atoms with E-state index in [0.717, 1.165) is 0 Å². The van der Waals surface area contributed by atoms with Gasteiger partial charge in [-0.05, 0) is 22.2 Å². The number of carboxylic acids is 1. The van der Waals surface area contributed by atoms with Crippen molar-refractivity contribution in [2.24, 2.45) is 5.92 Å². The molecule has 0 rings (SSSR count). The number of rotatable bonds is 6. The second-order valence-corrected chi connectivity index (χ2v) is 11.7. The van der Waals surface area contributed by atoms with Gasteiger partial charge in [-0.2, -0.15) is 0 Å². The third-order valence-corrected chi connectivity index (χ3v) is 8.51. The third-order valence-electron chi connectivity index (χ3n) is 3.59. The van der Waals surface area contributed by atoms with Crippen molar-refractivity contribution in [2.75, 3.05) is 0 Å². The van der Waals surface area contributed by atoms with Gasteiger partial charge in [0.25, 0.3) is 0 Å². The fraction of sp³-hybridized carbons (Fsp3) is 0.769. The minimum atomic E-state index is -1.93. The molecule has 0 spiro atoms. The van der Waals surface area contributed by atoms with Crippen LogP contribution >= 0.6 is 22.6 Å². The summed E-state index contributed by atoms with van der Waals surface area (Å²) in [6.45, 7) is 12.8. The number of carbonyl (C=O) groups is 1. The molecule has 0 aliphatic heterocycles. The standard InChI is InChI=1S/C13H25IO3Si/c1-10(7-8-14)11(9-12(15)16)17-18(5,6)13(2,3)4/h7-8,10-11H,9H2,1-6H3,(H,15,16)/b8-7+/t10-,11+/m1/s1. The number of aliphatic carboxylic acids is 1. The van der Waals surface area contributed by atoms with Crippen molar-refractivity contribution in [3.63, 3.8) is 0 Å². The maximum absolute atomic E-state index is 11.0. The summed E-state index contributed by atoms with van der Waals surface area (Å²) >= 11 is 2.15. The molecular formula is C13H25IO3Si. The largest absolute Gasteiger partial charge is 0.481 e. The summed E-state index contributed by atoms with van der Waals surface area (Å²) in [6.07, 6.45) is 1.82. The summed E-state index contributed by atoms with van der Waals surface area (Å²) in [7, 11) is -1.93. The van der Waals surface area contributed by atoms with E-state index in [9.17, 15) is 4.79 Å². The average molecular weight is 384 g/mol. The van der Waals surface area contributed by atoms with Crippen LogP contribution in [0.15, 0.2) is 10.2 Å². The van der Waals surface area contributed by atoms with Gasteiger partial charge in [0.15, 0.2) is 8.32 Å². The van der Waals surface area contributed by atoms with Gasteiger partial charge < -0.3 is 9.53 Å². The van der Waals surface area contributed by atoms with E-state index < -0.39 is 14.3 Å². The monoisotopic (exact) mass is 384 g/mol. The van der Waals surface area contributed by atoms with Crippen LogP contribution in [-0.2, 0) is 9.22 Å². The predicted molar refractivity (Wildman–Crippen MR) is 86.6 cm³/mol. The summed E-state index contributed by atoms with van der Waals surface area (Å²) in [4.78, 5) is 11.0. The Kier molecular flexibility index (Phi) is 7.09. The van der Waals surface area contributed by atoms with Crippen LogP contribution < -0.4 is 0 Å². The highest BCUT2D eigenvalue weighted by Crippen LogP contribution is 2.38. The van der Waals surface area contributed by atoms with Crippen molar-refractivity contribution >= 4 is 36.9 Å². The molecule has 0 fully saturated rings. The quantitative estimate of drug-likeness (QED) is 0.544. The Hall–Kier alpha value is 0.117. The molecular weight excluding hydrogens is 359 g/mol. The van der Waals surface area contributed by atoms with Crippen molar-refractivity contribution in [1.29, 1.82) is 0 Å². The van der Waals surface area contributed by atoms with E-state index in [1.165, 1.54) is 0 Å². The van der Waals surface area contributed by atoms with E-state index in [0.29, 0.717) is 0 Å². The molecule has 5 heteroatoms. The van der Waals surface area contributed by atoms with Crippen molar-refractivity contribution in [2.45, 2.75) is 58.4 Å². The Morgan fingerprint density at radius 1 is 1.44 bits per heavy atom. The molecule has 0 aliphatic rings. The van der Waals surface area contributed by atoms with Crippen molar-refractivity contribution in [3.05, 3.63) is 10.2 Å². The van der Waals surface area contributed by atoms with E-state index in [2.05, 4.69) is 56.5 Å². The molecule has 0 saturated carbocycles. The van der Waals surface area contributed by atoms with E-state index in [1.54, 1.807) is 0 Å². The molecule has 0 heterocycles. The minimum absolute atomic E-state index is 0.0641. The smallest absolute Gasteiger partial charge is 0.305 e. The van der Waals surface area contributed by atoms with Crippen LogP contribution in [0.25, 0.3) is 0 Å². The molecule has 0 unspecified atom stereocenters. The van der Waals surface area contributed by atoms with Crippen LogP contribution in [0.2, 0.25) is 18.1 Å². The van der Waals surface area contributed by atoms with Crippen molar-refractivity contribution < 1.29 is 14.3 Å². The normalized spacial score (nSPS) is 16.8. The number of hydrogen-bond donors (Lipinski definition) is 1. The molecule has 106 valence electrons. The molecule has 0 aromatic carbocycles. The maximum atomic E-state index is 11.0. The highest BCUT2D eigenvalue weighted by Gasteiger charge is 2.40. The number of hydrogen-bond acceptors (Lipinski definition) is 2. The molecule has 18 heavy (non-hydrogen) atoms. The highest BCUT2D eigenvalue weighted by molar-refractivity contribution is 14.1. The topological polar surface area (TPSA) is 46.5 Å². The zero-order valence-electron chi connectivity index (χ0n) is 12.2. The van der Waals surface area contributed by atoms with E-state index in [-0.39, 0.29) is 23.5 Å². The van der Waals surface area contributed by atoms with Crippen molar-refractivity contribution in [1.82, 2.24) is 0 Å². The fourth-order valence-corrected chi connectivity index (χ4v) is 3.36. The van der Waals surface area contributed by atoms with Crippen LogP contribution in [0.1, 0.15) is 34.1 Å². The number of carboxylic acid groups (broad SMARTS) is 1. The summed E-state index contributed by atoms with van der Waals surface area (Å²) in [5, 5.41) is 9.10.